The molecule has 2 rings (SSSR count). The first kappa shape index (κ1) is 13.3. The van der Waals surface area contributed by atoms with E-state index in [1.54, 1.807) is 32.0 Å². The zero-order valence-electron chi connectivity index (χ0n) is 11.1. The number of benzene rings is 1. The molecule has 0 radical (unpaired) electrons. The van der Waals surface area contributed by atoms with Crippen LogP contribution in [-0.4, -0.2) is 18.4 Å². The van der Waals surface area contributed by atoms with Crippen molar-refractivity contribution in [2.75, 3.05) is 11.4 Å². The summed E-state index contributed by atoms with van der Waals surface area (Å²) in [7, 11) is 0. The zero-order valence-corrected chi connectivity index (χ0v) is 11.1. The van der Waals surface area contributed by atoms with Crippen molar-refractivity contribution in [1.29, 1.82) is 0 Å². The summed E-state index contributed by atoms with van der Waals surface area (Å²) in [5.74, 6) is 5.31. The van der Waals surface area contributed by atoms with Crippen LogP contribution in [0.4, 0.5) is 5.69 Å². The van der Waals surface area contributed by atoms with Crippen molar-refractivity contribution in [1.82, 2.24) is 0 Å². The minimum Gasteiger partial charge on any atom is -0.320 e. The van der Waals surface area contributed by atoms with E-state index in [-0.39, 0.29) is 24.8 Å². The highest BCUT2D eigenvalue weighted by Crippen LogP contribution is 2.35. The molecule has 1 aromatic carbocycles. The summed E-state index contributed by atoms with van der Waals surface area (Å²) in [4.78, 5) is 25.4. The Hall–Kier alpha value is -2.12. The molecule has 0 aliphatic carbocycles. The second kappa shape index (κ2) is 4.87. The second-order valence-electron chi connectivity index (χ2n) is 5.15. The number of amides is 2. The van der Waals surface area contributed by atoms with Gasteiger partial charge in [0.1, 0.15) is 0 Å². The number of rotatable bonds is 1. The van der Waals surface area contributed by atoms with Crippen LogP contribution in [0.2, 0.25) is 0 Å². The quantitative estimate of drug-likeness (QED) is 0.608. The molecule has 4 heteroatoms. The van der Waals surface area contributed by atoms with Gasteiger partial charge in [-0.25, -0.2) is 0 Å². The van der Waals surface area contributed by atoms with Crippen LogP contribution in [0.3, 0.4) is 0 Å². The highest BCUT2D eigenvalue weighted by atomic mass is 16.2. The molecule has 19 heavy (non-hydrogen) atoms. The monoisotopic (exact) mass is 256 g/mol. The van der Waals surface area contributed by atoms with E-state index in [2.05, 4.69) is 11.8 Å². The van der Waals surface area contributed by atoms with E-state index >= 15 is 0 Å². The largest absolute Gasteiger partial charge is 0.320 e. The first-order valence-corrected chi connectivity index (χ1v) is 6.12. The minimum absolute atomic E-state index is 0.165. The van der Waals surface area contributed by atoms with E-state index in [4.69, 9.17) is 5.73 Å². The lowest BCUT2D eigenvalue weighted by atomic mass is 9.92. The molecule has 1 saturated heterocycles. The summed E-state index contributed by atoms with van der Waals surface area (Å²) in [6.45, 7) is 3.84. The molecular weight excluding hydrogens is 240 g/mol. The topological polar surface area (TPSA) is 63.4 Å². The molecule has 0 atom stereocenters. The number of carbonyl (C=O) groups excluding carboxylic acids is 2. The van der Waals surface area contributed by atoms with Gasteiger partial charge in [0.2, 0.25) is 11.8 Å². The van der Waals surface area contributed by atoms with Gasteiger partial charge in [0.15, 0.2) is 0 Å². The fourth-order valence-electron chi connectivity index (χ4n) is 2.09. The molecule has 0 aromatic heterocycles. The molecular formula is C15H16N2O2. The van der Waals surface area contributed by atoms with Crippen LogP contribution in [-0.2, 0) is 9.59 Å². The summed E-state index contributed by atoms with van der Waals surface area (Å²) >= 11 is 0. The second-order valence-corrected chi connectivity index (χ2v) is 5.15. The molecule has 1 aliphatic rings. The van der Waals surface area contributed by atoms with Gasteiger partial charge < -0.3 is 5.73 Å². The first-order valence-electron chi connectivity index (χ1n) is 6.12. The first-order chi connectivity index (χ1) is 8.95. The molecule has 1 aliphatic heterocycles. The number of carbonyl (C=O) groups is 2. The van der Waals surface area contributed by atoms with Crippen LogP contribution < -0.4 is 10.6 Å². The Labute approximate surface area is 112 Å². The van der Waals surface area contributed by atoms with Crippen LogP contribution in [0.25, 0.3) is 0 Å². The van der Waals surface area contributed by atoms with E-state index < -0.39 is 5.41 Å². The van der Waals surface area contributed by atoms with Crippen molar-refractivity contribution in [2.24, 2.45) is 11.1 Å². The molecule has 1 fully saturated rings. The van der Waals surface area contributed by atoms with Crippen LogP contribution in [0.5, 0.6) is 0 Å². The molecule has 4 nitrogen and oxygen atoms in total. The molecule has 0 spiro atoms. The van der Waals surface area contributed by atoms with Crippen LogP contribution in [0, 0.1) is 17.3 Å². The summed E-state index contributed by atoms with van der Waals surface area (Å²) in [6, 6.07) is 7.08. The van der Waals surface area contributed by atoms with Gasteiger partial charge in [-0.15, -0.1) is 0 Å². The van der Waals surface area contributed by atoms with E-state index in [1.807, 2.05) is 6.07 Å². The third kappa shape index (κ3) is 2.51. The zero-order chi connectivity index (χ0) is 14.0. The van der Waals surface area contributed by atoms with Crippen molar-refractivity contribution in [3.63, 3.8) is 0 Å². The average Bonchev–Trinajstić information content (AvgIpc) is 2.56. The van der Waals surface area contributed by atoms with Gasteiger partial charge >= 0.3 is 0 Å². The van der Waals surface area contributed by atoms with Gasteiger partial charge in [0.05, 0.1) is 17.6 Å². The average molecular weight is 256 g/mol. The Bertz CT molecular complexity index is 594. The highest BCUT2D eigenvalue weighted by Gasteiger charge is 2.45. The number of nitrogens with zero attached hydrogens (tertiary/aromatic N) is 1. The number of imide groups is 1. The molecule has 2 N–H and O–H groups in total. The van der Waals surface area contributed by atoms with Crippen molar-refractivity contribution in [2.45, 2.75) is 20.3 Å². The molecule has 2 amide bonds. The lowest BCUT2D eigenvalue weighted by molar-refractivity contribution is -0.124. The summed E-state index contributed by atoms with van der Waals surface area (Å²) < 4.78 is 0. The van der Waals surface area contributed by atoms with Crippen molar-refractivity contribution in [3.05, 3.63) is 29.8 Å². The van der Waals surface area contributed by atoms with Gasteiger partial charge in [-0.05, 0) is 18.2 Å². The maximum Gasteiger partial charge on any atom is 0.239 e. The molecule has 0 unspecified atom stereocenters. The molecule has 0 saturated carbocycles. The maximum atomic E-state index is 12.2. The predicted octanol–water partition coefficient (Wildman–Crippen LogP) is 1.29. The van der Waals surface area contributed by atoms with Gasteiger partial charge in [-0.3, -0.25) is 14.5 Å². The Morgan fingerprint density at radius 2 is 2.11 bits per heavy atom. The van der Waals surface area contributed by atoms with Gasteiger partial charge in [0.25, 0.3) is 0 Å². The number of hydrogen-bond donors (Lipinski definition) is 1. The summed E-state index contributed by atoms with van der Waals surface area (Å²) in [5.41, 5.74) is 6.01. The van der Waals surface area contributed by atoms with E-state index in [0.29, 0.717) is 5.69 Å². The van der Waals surface area contributed by atoms with E-state index in [1.165, 1.54) is 4.90 Å². The van der Waals surface area contributed by atoms with Crippen LogP contribution in [0.1, 0.15) is 25.8 Å². The number of nitrogens with two attached hydrogens (primary N) is 1. The van der Waals surface area contributed by atoms with Gasteiger partial charge in [-0.1, -0.05) is 31.8 Å². The SMILES string of the molecule is CC1(C)CC(=O)N(c2cccc(C#CCN)c2)C1=O. The van der Waals surface area contributed by atoms with E-state index in [0.717, 1.165) is 5.56 Å². The van der Waals surface area contributed by atoms with E-state index in [9.17, 15) is 9.59 Å². The van der Waals surface area contributed by atoms with Crippen LogP contribution in [0.15, 0.2) is 24.3 Å². The Balaban J connectivity index is 2.37. The third-order valence-corrected chi connectivity index (χ3v) is 3.06. The molecule has 0 bridgehead atoms. The Kier molecular flexibility index (Phi) is 3.41. The molecule has 98 valence electrons. The summed E-state index contributed by atoms with van der Waals surface area (Å²) in [5, 5.41) is 0. The standard InChI is InChI=1S/C15H16N2O2/c1-15(2)10-13(18)17(14(15)19)12-7-3-5-11(9-12)6-4-8-16/h3,5,7,9H,8,10,16H2,1-2H3. The van der Waals surface area contributed by atoms with Crippen molar-refractivity contribution < 1.29 is 9.59 Å². The maximum absolute atomic E-state index is 12.2. The number of anilines is 1. The normalized spacial score (nSPS) is 17.3. The predicted molar refractivity (Wildman–Crippen MR) is 73.3 cm³/mol. The Morgan fingerprint density at radius 1 is 1.37 bits per heavy atom. The summed E-state index contributed by atoms with van der Waals surface area (Å²) in [6.07, 6.45) is 0.241. The van der Waals surface area contributed by atoms with Crippen LogP contribution >= 0.6 is 0 Å². The Morgan fingerprint density at radius 3 is 2.68 bits per heavy atom. The third-order valence-electron chi connectivity index (χ3n) is 3.06. The smallest absolute Gasteiger partial charge is 0.239 e. The number of hydrogen-bond acceptors (Lipinski definition) is 3. The molecule has 1 heterocycles. The highest BCUT2D eigenvalue weighted by molar-refractivity contribution is 6.22. The fraction of sp³-hybridized carbons (Fsp3) is 0.333. The van der Waals surface area contributed by atoms with Crippen molar-refractivity contribution >= 4 is 17.5 Å². The fourth-order valence-corrected chi connectivity index (χ4v) is 2.09. The minimum atomic E-state index is -0.629. The molecule has 1 aromatic rings. The lowest BCUT2D eigenvalue weighted by Crippen LogP contribution is -2.32. The van der Waals surface area contributed by atoms with Gasteiger partial charge in [-0.2, -0.15) is 0 Å². The van der Waals surface area contributed by atoms with Gasteiger partial charge in [0, 0.05) is 12.0 Å². The van der Waals surface area contributed by atoms with Crippen molar-refractivity contribution in [3.8, 4) is 11.8 Å². The lowest BCUT2D eigenvalue weighted by Gasteiger charge is -2.17.